The number of nitrogens with one attached hydrogen (secondary N) is 1. The summed E-state index contributed by atoms with van der Waals surface area (Å²) < 4.78 is 26.2. The van der Waals surface area contributed by atoms with Crippen LogP contribution in [0.25, 0.3) is 0 Å². The van der Waals surface area contributed by atoms with Crippen LogP contribution in [0.15, 0.2) is 48.5 Å². The summed E-state index contributed by atoms with van der Waals surface area (Å²) in [5, 5.41) is 3.41. The number of amides is 2. The lowest BCUT2D eigenvalue weighted by Gasteiger charge is -2.29. The number of anilines is 1. The predicted molar refractivity (Wildman–Crippen MR) is 147 cm³/mol. The van der Waals surface area contributed by atoms with E-state index in [9.17, 15) is 18.0 Å². The maximum absolute atomic E-state index is 13.3. The molecule has 2 amide bonds. The molecule has 0 radical (unpaired) electrons. The van der Waals surface area contributed by atoms with Crippen molar-refractivity contribution in [2.75, 3.05) is 23.7 Å². The van der Waals surface area contributed by atoms with E-state index in [-0.39, 0.29) is 31.3 Å². The molecule has 0 aliphatic heterocycles. The average Bonchev–Trinajstić information content (AvgIpc) is 2.85. The van der Waals surface area contributed by atoms with Crippen molar-refractivity contribution in [2.24, 2.45) is 0 Å². The van der Waals surface area contributed by atoms with Crippen LogP contribution in [-0.4, -0.2) is 50.5 Å². The van der Waals surface area contributed by atoms with E-state index < -0.39 is 16.1 Å². The molecule has 2 rings (SSSR count). The zero-order valence-corrected chi connectivity index (χ0v) is 23.2. The van der Waals surface area contributed by atoms with Gasteiger partial charge in [0.05, 0.1) is 11.9 Å². The van der Waals surface area contributed by atoms with Gasteiger partial charge in [0.1, 0.15) is 6.04 Å². The number of benzene rings is 2. The monoisotopic (exact) mass is 535 g/mol. The lowest BCUT2D eigenvalue weighted by Crippen LogP contribution is -2.48. The second-order valence-corrected chi connectivity index (χ2v) is 11.2. The van der Waals surface area contributed by atoms with E-state index in [2.05, 4.69) is 5.32 Å². The molecule has 0 bridgehead atoms. The van der Waals surface area contributed by atoms with Gasteiger partial charge in [-0.2, -0.15) is 0 Å². The minimum absolute atomic E-state index is 0.0933. The van der Waals surface area contributed by atoms with Crippen molar-refractivity contribution in [1.82, 2.24) is 10.2 Å². The summed E-state index contributed by atoms with van der Waals surface area (Å²) in [7, 11) is -3.53. The average molecular weight is 536 g/mol. The van der Waals surface area contributed by atoms with Gasteiger partial charge in [-0.05, 0) is 55.5 Å². The van der Waals surface area contributed by atoms with Crippen molar-refractivity contribution in [3.8, 4) is 0 Å². The van der Waals surface area contributed by atoms with Gasteiger partial charge in [-0.15, -0.1) is 0 Å². The minimum atomic E-state index is -3.53. The van der Waals surface area contributed by atoms with Crippen LogP contribution in [0.2, 0.25) is 5.02 Å². The predicted octanol–water partition coefficient (Wildman–Crippen LogP) is 4.78. The highest BCUT2D eigenvalue weighted by Gasteiger charge is 2.27. The molecular weight excluding hydrogens is 498 g/mol. The highest BCUT2D eigenvalue weighted by Crippen LogP contribution is 2.22. The summed E-state index contributed by atoms with van der Waals surface area (Å²) >= 11 is 6.33. The fourth-order valence-electron chi connectivity index (χ4n) is 3.83. The van der Waals surface area contributed by atoms with Crippen molar-refractivity contribution in [3.63, 3.8) is 0 Å². The first-order valence-electron chi connectivity index (χ1n) is 12.5. The van der Waals surface area contributed by atoms with E-state index in [1.54, 1.807) is 25.1 Å². The molecule has 0 spiro atoms. The first-order valence-corrected chi connectivity index (χ1v) is 14.7. The summed E-state index contributed by atoms with van der Waals surface area (Å²) in [6.45, 7) is 6.68. The molecule has 0 aliphatic rings. The molecule has 0 heterocycles. The second-order valence-electron chi connectivity index (χ2n) is 8.89. The fraction of sp³-hybridized carbons (Fsp3) is 0.481. The third-order valence-electron chi connectivity index (χ3n) is 6.08. The molecule has 7 nitrogen and oxygen atoms in total. The molecule has 198 valence electrons. The number of carbonyl (C=O) groups is 2. The Bertz CT molecular complexity index is 1110. The Kier molecular flexibility index (Phi) is 11.7. The van der Waals surface area contributed by atoms with Crippen molar-refractivity contribution >= 4 is 39.1 Å². The van der Waals surface area contributed by atoms with Crippen LogP contribution in [0.3, 0.4) is 0 Å². The van der Waals surface area contributed by atoms with E-state index in [1.165, 1.54) is 9.21 Å². The van der Waals surface area contributed by atoms with Crippen LogP contribution in [0.1, 0.15) is 57.6 Å². The van der Waals surface area contributed by atoms with E-state index >= 15 is 0 Å². The van der Waals surface area contributed by atoms with Gasteiger partial charge in [0.25, 0.3) is 0 Å². The van der Waals surface area contributed by atoms with Gasteiger partial charge < -0.3 is 10.2 Å². The van der Waals surface area contributed by atoms with E-state index in [1.807, 2.05) is 44.2 Å². The van der Waals surface area contributed by atoms with Crippen LogP contribution in [0.5, 0.6) is 0 Å². The topological polar surface area (TPSA) is 86.8 Å². The molecule has 1 N–H and O–H groups in total. The zero-order valence-electron chi connectivity index (χ0n) is 21.7. The number of rotatable bonds is 14. The third kappa shape index (κ3) is 8.82. The third-order valence-corrected chi connectivity index (χ3v) is 7.64. The Balaban J connectivity index is 2.15. The van der Waals surface area contributed by atoms with Crippen LogP contribution >= 0.6 is 11.6 Å². The highest BCUT2D eigenvalue weighted by molar-refractivity contribution is 7.92. The number of halogens is 1. The normalized spacial score (nSPS) is 12.1. The van der Waals surface area contributed by atoms with Gasteiger partial charge in [-0.1, -0.05) is 62.2 Å². The lowest BCUT2D eigenvalue weighted by atomic mass is 10.1. The SMILES string of the molecule is CCCCNC(=O)[C@H](C)N(Cc1ccccc1Cl)C(=O)CCCN(c1ccc(CC)cc1)S(C)(=O)=O. The molecular formula is C27H38ClN3O4S. The molecule has 1 atom stereocenters. The second kappa shape index (κ2) is 14.2. The molecule has 0 aliphatic carbocycles. The van der Waals surface area contributed by atoms with E-state index in [0.717, 1.165) is 36.6 Å². The van der Waals surface area contributed by atoms with E-state index in [4.69, 9.17) is 11.6 Å². The molecule has 0 aromatic heterocycles. The van der Waals surface area contributed by atoms with Crippen molar-refractivity contribution < 1.29 is 18.0 Å². The van der Waals surface area contributed by atoms with Crippen molar-refractivity contribution in [2.45, 2.75) is 65.5 Å². The lowest BCUT2D eigenvalue weighted by molar-refractivity contribution is -0.140. The van der Waals surface area contributed by atoms with Gasteiger partial charge in [0, 0.05) is 31.1 Å². The van der Waals surface area contributed by atoms with Crippen LogP contribution < -0.4 is 9.62 Å². The quantitative estimate of drug-likeness (QED) is 0.353. The Hall–Kier alpha value is -2.58. The van der Waals surface area contributed by atoms with Gasteiger partial charge >= 0.3 is 0 Å². The number of carbonyl (C=O) groups excluding carboxylic acids is 2. The number of unbranched alkanes of at least 4 members (excludes halogenated alkanes) is 1. The minimum Gasteiger partial charge on any atom is -0.354 e. The number of hydrogen-bond donors (Lipinski definition) is 1. The first-order chi connectivity index (χ1) is 17.1. The summed E-state index contributed by atoms with van der Waals surface area (Å²) in [5.74, 6) is -0.458. The maximum atomic E-state index is 13.3. The van der Waals surface area contributed by atoms with Gasteiger partial charge in [-0.25, -0.2) is 8.42 Å². The number of sulfonamides is 1. The maximum Gasteiger partial charge on any atom is 0.242 e. The molecule has 9 heteroatoms. The summed E-state index contributed by atoms with van der Waals surface area (Å²) in [6.07, 6.45) is 4.24. The van der Waals surface area contributed by atoms with Gasteiger partial charge in [0.2, 0.25) is 21.8 Å². The summed E-state index contributed by atoms with van der Waals surface area (Å²) in [4.78, 5) is 27.6. The fourth-order valence-corrected chi connectivity index (χ4v) is 4.99. The Morgan fingerprint density at radius 2 is 1.69 bits per heavy atom. The van der Waals surface area contributed by atoms with E-state index in [0.29, 0.717) is 23.7 Å². The molecule has 0 saturated heterocycles. The molecule has 0 fully saturated rings. The first kappa shape index (κ1) is 29.6. The number of nitrogens with zero attached hydrogens (tertiary/aromatic N) is 2. The largest absolute Gasteiger partial charge is 0.354 e. The smallest absolute Gasteiger partial charge is 0.242 e. The zero-order chi connectivity index (χ0) is 26.7. The van der Waals surface area contributed by atoms with Gasteiger partial charge in [-0.3, -0.25) is 13.9 Å². The van der Waals surface area contributed by atoms with Crippen LogP contribution in [0.4, 0.5) is 5.69 Å². The highest BCUT2D eigenvalue weighted by atomic mass is 35.5. The number of hydrogen-bond acceptors (Lipinski definition) is 4. The number of aryl methyl sites for hydroxylation is 1. The summed E-state index contributed by atoms with van der Waals surface area (Å²) in [5.41, 5.74) is 2.43. The molecule has 36 heavy (non-hydrogen) atoms. The molecule has 0 saturated carbocycles. The molecule has 2 aromatic carbocycles. The van der Waals surface area contributed by atoms with Crippen LogP contribution in [0, 0.1) is 0 Å². The van der Waals surface area contributed by atoms with Crippen molar-refractivity contribution in [1.29, 1.82) is 0 Å². The Labute approximate surface area is 220 Å². The molecule has 0 unspecified atom stereocenters. The Morgan fingerprint density at radius 1 is 1.03 bits per heavy atom. The Morgan fingerprint density at radius 3 is 2.28 bits per heavy atom. The van der Waals surface area contributed by atoms with Gasteiger partial charge in [0.15, 0.2) is 0 Å². The standard InChI is InChI=1S/C27H38ClN3O4S/c1-5-7-18-29-27(33)21(3)30(20-23-11-8-9-12-25(23)28)26(32)13-10-19-31(36(4,34)35)24-16-14-22(6-2)15-17-24/h8-9,11-12,14-17,21H,5-7,10,13,18-20H2,1-4H3,(H,29,33)/t21-/m0/s1. The van der Waals surface area contributed by atoms with Crippen LogP contribution in [-0.2, 0) is 32.6 Å². The van der Waals surface area contributed by atoms with Crippen molar-refractivity contribution in [3.05, 3.63) is 64.7 Å². The summed E-state index contributed by atoms with van der Waals surface area (Å²) in [6, 6.07) is 13.9. The molecule has 2 aromatic rings.